The molecule has 2 amide bonds. The van der Waals surface area contributed by atoms with Crippen molar-refractivity contribution in [3.8, 4) is 0 Å². The molecule has 4 rings (SSSR count). The highest BCUT2D eigenvalue weighted by atomic mass is 35.5. The highest BCUT2D eigenvalue weighted by Gasteiger charge is 2.34. The van der Waals surface area contributed by atoms with Crippen molar-refractivity contribution in [3.63, 3.8) is 0 Å². The Morgan fingerprint density at radius 3 is 2.14 bits per heavy atom. The Balaban J connectivity index is 1.81. The Morgan fingerprint density at radius 2 is 1.48 bits per heavy atom. The Labute approximate surface area is 253 Å². The Bertz CT molecular complexity index is 1660. The lowest BCUT2D eigenvalue weighted by atomic mass is 10.0. The molecule has 4 aromatic carbocycles. The van der Waals surface area contributed by atoms with Crippen molar-refractivity contribution >= 4 is 49.9 Å². The van der Waals surface area contributed by atoms with Gasteiger partial charge in [0.25, 0.3) is 0 Å². The van der Waals surface area contributed by atoms with Crippen LogP contribution in [0.3, 0.4) is 0 Å². The second-order valence-electron chi connectivity index (χ2n) is 11.3. The van der Waals surface area contributed by atoms with E-state index in [9.17, 15) is 18.0 Å². The molecule has 0 radical (unpaired) electrons. The lowest BCUT2D eigenvalue weighted by Crippen LogP contribution is -2.56. The van der Waals surface area contributed by atoms with Crippen LogP contribution in [-0.2, 0) is 32.6 Å². The van der Waals surface area contributed by atoms with E-state index in [1.165, 1.54) is 4.90 Å². The van der Waals surface area contributed by atoms with Crippen LogP contribution in [0.2, 0.25) is 5.02 Å². The van der Waals surface area contributed by atoms with Crippen LogP contribution in [0.5, 0.6) is 0 Å². The van der Waals surface area contributed by atoms with Gasteiger partial charge < -0.3 is 10.2 Å². The number of amides is 2. The normalized spacial score (nSPS) is 12.5. The van der Waals surface area contributed by atoms with Gasteiger partial charge in [-0.2, -0.15) is 0 Å². The molecule has 1 unspecified atom stereocenters. The molecule has 0 fully saturated rings. The summed E-state index contributed by atoms with van der Waals surface area (Å²) in [5.74, 6) is -0.874. The minimum Gasteiger partial charge on any atom is -0.350 e. The topological polar surface area (TPSA) is 86.8 Å². The maximum atomic E-state index is 14.3. The number of nitrogens with one attached hydrogen (secondary N) is 1. The molecule has 0 aliphatic carbocycles. The second kappa shape index (κ2) is 13.0. The van der Waals surface area contributed by atoms with Crippen LogP contribution in [0.1, 0.15) is 31.9 Å². The molecular formula is C33H36ClN3O4S. The van der Waals surface area contributed by atoms with Gasteiger partial charge >= 0.3 is 0 Å². The predicted octanol–water partition coefficient (Wildman–Crippen LogP) is 5.81. The molecule has 0 saturated carbocycles. The quantitative estimate of drug-likeness (QED) is 0.247. The van der Waals surface area contributed by atoms with Crippen molar-refractivity contribution < 1.29 is 18.0 Å². The van der Waals surface area contributed by atoms with Crippen LogP contribution in [0, 0.1) is 0 Å². The fourth-order valence-electron chi connectivity index (χ4n) is 4.84. The highest BCUT2D eigenvalue weighted by Crippen LogP contribution is 2.29. The maximum Gasteiger partial charge on any atom is 0.244 e. The van der Waals surface area contributed by atoms with Crippen molar-refractivity contribution in [2.75, 3.05) is 17.1 Å². The van der Waals surface area contributed by atoms with E-state index in [-0.39, 0.29) is 18.9 Å². The fraction of sp³-hybridized carbons (Fsp3) is 0.273. The number of carbonyl (C=O) groups is 2. The van der Waals surface area contributed by atoms with E-state index >= 15 is 0 Å². The van der Waals surface area contributed by atoms with Crippen LogP contribution in [0.15, 0.2) is 97.1 Å². The summed E-state index contributed by atoms with van der Waals surface area (Å²) in [4.78, 5) is 29.6. The number of hydrogen-bond donors (Lipinski definition) is 1. The minimum atomic E-state index is -3.89. The van der Waals surface area contributed by atoms with Gasteiger partial charge in [-0.3, -0.25) is 13.9 Å². The number of hydrogen-bond acceptors (Lipinski definition) is 4. The molecule has 0 aliphatic rings. The van der Waals surface area contributed by atoms with Crippen molar-refractivity contribution in [1.29, 1.82) is 0 Å². The molecule has 0 heterocycles. The van der Waals surface area contributed by atoms with Crippen LogP contribution in [-0.4, -0.2) is 49.5 Å². The molecule has 0 bridgehead atoms. The standard InChI is InChI=1S/C33H36ClN3O4S/c1-33(2,3)35-32(39)30(21-24-13-6-5-7-14-24)36(22-26-16-9-11-19-28(26)34)31(38)23-37(42(4,40)41)29-20-12-17-25-15-8-10-18-27(25)29/h5-20,30H,21-23H2,1-4H3,(H,35,39). The Morgan fingerprint density at radius 1 is 0.857 bits per heavy atom. The number of benzene rings is 4. The maximum absolute atomic E-state index is 14.3. The van der Waals surface area contributed by atoms with Crippen molar-refractivity contribution in [2.24, 2.45) is 0 Å². The third-order valence-electron chi connectivity index (χ3n) is 6.78. The van der Waals surface area contributed by atoms with Gasteiger partial charge in [0.05, 0.1) is 11.9 Å². The second-order valence-corrected chi connectivity index (χ2v) is 13.6. The summed E-state index contributed by atoms with van der Waals surface area (Å²) in [5.41, 5.74) is 1.33. The molecule has 1 N–H and O–H groups in total. The van der Waals surface area contributed by atoms with Crippen molar-refractivity contribution in [2.45, 2.75) is 45.3 Å². The van der Waals surface area contributed by atoms with Gasteiger partial charge in [-0.05, 0) is 49.4 Å². The zero-order valence-electron chi connectivity index (χ0n) is 24.2. The monoisotopic (exact) mass is 605 g/mol. The van der Waals surface area contributed by atoms with Gasteiger partial charge in [-0.15, -0.1) is 0 Å². The number of rotatable bonds is 10. The largest absolute Gasteiger partial charge is 0.350 e. The van der Waals surface area contributed by atoms with E-state index in [1.54, 1.807) is 30.3 Å². The molecule has 0 aliphatic heterocycles. The van der Waals surface area contributed by atoms with E-state index in [0.29, 0.717) is 21.7 Å². The van der Waals surface area contributed by atoms with Crippen LogP contribution in [0.25, 0.3) is 10.8 Å². The molecule has 220 valence electrons. The average molecular weight is 606 g/mol. The molecule has 0 spiro atoms. The summed E-state index contributed by atoms with van der Waals surface area (Å²) >= 11 is 6.52. The summed E-state index contributed by atoms with van der Waals surface area (Å²) in [5, 5.41) is 5.00. The molecule has 1 atom stereocenters. The summed E-state index contributed by atoms with van der Waals surface area (Å²) in [6.45, 7) is 5.13. The van der Waals surface area contributed by atoms with Gasteiger partial charge in [-0.25, -0.2) is 8.42 Å². The van der Waals surface area contributed by atoms with Crippen LogP contribution in [0.4, 0.5) is 5.69 Å². The number of anilines is 1. The zero-order valence-corrected chi connectivity index (χ0v) is 25.8. The molecular weight excluding hydrogens is 570 g/mol. The lowest BCUT2D eigenvalue weighted by molar-refractivity contribution is -0.140. The van der Waals surface area contributed by atoms with Gasteiger partial charge in [0.2, 0.25) is 21.8 Å². The van der Waals surface area contributed by atoms with Crippen LogP contribution < -0.4 is 9.62 Å². The fourth-order valence-corrected chi connectivity index (χ4v) is 5.89. The number of fused-ring (bicyclic) bond motifs is 1. The number of halogens is 1. The highest BCUT2D eigenvalue weighted by molar-refractivity contribution is 7.92. The summed E-state index contributed by atoms with van der Waals surface area (Å²) in [6, 6.07) is 28.3. The number of sulfonamides is 1. The molecule has 9 heteroatoms. The molecule has 0 aromatic heterocycles. The van der Waals surface area contributed by atoms with E-state index in [4.69, 9.17) is 11.6 Å². The molecule has 7 nitrogen and oxygen atoms in total. The third-order valence-corrected chi connectivity index (χ3v) is 8.28. The molecule has 4 aromatic rings. The number of carbonyl (C=O) groups excluding carboxylic acids is 2. The first kappa shape index (κ1) is 31.1. The number of nitrogens with zero attached hydrogens (tertiary/aromatic N) is 2. The zero-order chi connectivity index (χ0) is 30.5. The first-order chi connectivity index (χ1) is 19.8. The average Bonchev–Trinajstić information content (AvgIpc) is 2.93. The van der Waals surface area contributed by atoms with Gasteiger partial charge in [0, 0.05) is 28.9 Å². The predicted molar refractivity (Wildman–Crippen MR) is 170 cm³/mol. The molecule has 0 saturated heterocycles. The van der Waals surface area contributed by atoms with E-state index in [0.717, 1.165) is 21.5 Å². The Kier molecular flexibility index (Phi) is 9.59. The van der Waals surface area contributed by atoms with E-state index in [2.05, 4.69) is 5.32 Å². The Hall–Kier alpha value is -3.88. The van der Waals surface area contributed by atoms with Crippen molar-refractivity contribution in [1.82, 2.24) is 10.2 Å². The summed E-state index contributed by atoms with van der Waals surface area (Å²) in [6.07, 6.45) is 1.31. The first-order valence-electron chi connectivity index (χ1n) is 13.7. The minimum absolute atomic E-state index is 0.0146. The van der Waals surface area contributed by atoms with E-state index in [1.807, 2.05) is 87.5 Å². The van der Waals surface area contributed by atoms with Crippen molar-refractivity contribution in [3.05, 3.63) is 113 Å². The van der Waals surface area contributed by atoms with Crippen LogP contribution >= 0.6 is 11.6 Å². The summed E-state index contributed by atoms with van der Waals surface area (Å²) in [7, 11) is -3.89. The SMILES string of the molecule is CC(C)(C)NC(=O)C(Cc1ccccc1)N(Cc1ccccc1Cl)C(=O)CN(c1cccc2ccccc12)S(C)(=O)=O. The third kappa shape index (κ3) is 7.89. The van der Waals surface area contributed by atoms with Gasteiger partial charge in [-0.1, -0.05) is 96.5 Å². The smallest absolute Gasteiger partial charge is 0.244 e. The van der Waals surface area contributed by atoms with E-state index < -0.39 is 34.1 Å². The summed E-state index contributed by atoms with van der Waals surface area (Å²) < 4.78 is 27.5. The first-order valence-corrected chi connectivity index (χ1v) is 15.9. The van der Waals surface area contributed by atoms with Gasteiger partial charge in [0.15, 0.2) is 0 Å². The van der Waals surface area contributed by atoms with Gasteiger partial charge in [0.1, 0.15) is 12.6 Å². The lowest BCUT2D eigenvalue weighted by Gasteiger charge is -2.35. The molecule has 42 heavy (non-hydrogen) atoms.